The topological polar surface area (TPSA) is 38.8 Å². The Kier molecular flexibility index (Phi) is 4.00. The number of rotatable bonds is 3. The number of hydrogen-bond acceptors (Lipinski definition) is 5. The van der Waals surface area contributed by atoms with Crippen molar-refractivity contribution in [2.45, 2.75) is 6.54 Å². The number of carbonyl (C=O) groups excluding carboxylic acids is 1. The number of hydrogen-bond donors (Lipinski definition) is 0. The number of benzene rings is 2. The highest BCUT2D eigenvalue weighted by Crippen LogP contribution is 2.36. The number of thiocarbonyl (C=S) groups is 1. The first-order valence-electron chi connectivity index (χ1n) is 7.40. The third kappa shape index (κ3) is 2.90. The van der Waals surface area contributed by atoms with Crippen LogP contribution in [0.5, 0.6) is 11.5 Å². The molecule has 0 aliphatic carbocycles. The Morgan fingerprint density at radius 1 is 1.12 bits per heavy atom. The Morgan fingerprint density at radius 3 is 2.75 bits per heavy atom. The highest BCUT2D eigenvalue weighted by Gasteiger charge is 2.32. The molecule has 0 atom stereocenters. The fourth-order valence-electron chi connectivity index (χ4n) is 2.56. The summed E-state index contributed by atoms with van der Waals surface area (Å²) in [6.45, 7) is 0.660. The lowest BCUT2D eigenvalue weighted by Crippen LogP contribution is -2.27. The third-order valence-electron chi connectivity index (χ3n) is 3.75. The summed E-state index contributed by atoms with van der Waals surface area (Å²) in [6.07, 6.45) is 1.87. The van der Waals surface area contributed by atoms with Crippen molar-refractivity contribution in [3.8, 4) is 11.5 Å². The minimum Gasteiger partial charge on any atom is -0.454 e. The van der Waals surface area contributed by atoms with Gasteiger partial charge in [-0.3, -0.25) is 9.69 Å². The number of carbonyl (C=O) groups is 1. The monoisotopic (exact) mass is 355 g/mol. The molecule has 1 saturated heterocycles. The van der Waals surface area contributed by atoms with Crippen molar-refractivity contribution in [3.05, 3.63) is 64.6 Å². The van der Waals surface area contributed by atoms with Gasteiger partial charge in [0.1, 0.15) is 4.32 Å². The summed E-state index contributed by atoms with van der Waals surface area (Å²) in [6, 6.07) is 15.4. The lowest BCUT2D eigenvalue weighted by molar-refractivity contribution is -0.122. The van der Waals surface area contributed by atoms with Crippen LogP contribution in [0.15, 0.2) is 53.4 Å². The first-order chi connectivity index (χ1) is 11.7. The molecule has 2 aliphatic heterocycles. The molecule has 0 unspecified atom stereocenters. The van der Waals surface area contributed by atoms with Gasteiger partial charge in [-0.1, -0.05) is 60.4 Å². The summed E-state index contributed by atoms with van der Waals surface area (Å²) in [5.74, 6) is 1.37. The van der Waals surface area contributed by atoms with E-state index in [0.29, 0.717) is 21.5 Å². The van der Waals surface area contributed by atoms with Crippen LogP contribution in [0, 0.1) is 0 Å². The first-order valence-corrected chi connectivity index (χ1v) is 8.62. The average Bonchev–Trinajstić information content (AvgIpc) is 3.16. The molecule has 0 spiro atoms. The molecule has 4 nitrogen and oxygen atoms in total. The van der Waals surface area contributed by atoms with E-state index in [4.69, 9.17) is 21.7 Å². The van der Waals surface area contributed by atoms with Crippen molar-refractivity contribution < 1.29 is 14.3 Å². The third-order valence-corrected chi connectivity index (χ3v) is 5.13. The lowest BCUT2D eigenvalue weighted by Gasteiger charge is -2.14. The van der Waals surface area contributed by atoms with Gasteiger partial charge in [0.05, 0.1) is 11.4 Å². The molecule has 1 amide bonds. The molecule has 1 fully saturated rings. The van der Waals surface area contributed by atoms with Crippen LogP contribution >= 0.6 is 24.0 Å². The smallest absolute Gasteiger partial charge is 0.266 e. The number of ether oxygens (including phenoxy) is 2. The zero-order valence-corrected chi connectivity index (χ0v) is 14.2. The van der Waals surface area contributed by atoms with Gasteiger partial charge in [-0.05, 0) is 29.3 Å². The van der Waals surface area contributed by atoms with E-state index in [1.165, 1.54) is 11.8 Å². The van der Waals surface area contributed by atoms with Crippen molar-refractivity contribution in [1.29, 1.82) is 0 Å². The summed E-state index contributed by atoms with van der Waals surface area (Å²) in [5.41, 5.74) is 1.94. The van der Waals surface area contributed by atoms with Crippen molar-refractivity contribution in [2.24, 2.45) is 0 Å². The van der Waals surface area contributed by atoms with Crippen LogP contribution < -0.4 is 9.47 Å². The standard InChI is InChI=1S/C18H13NO3S2/c20-17-16(9-12-4-2-1-3-5-12)24-18(23)19(17)10-13-6-7-14-15(8-13)22-11-21-14/h1-9H,10-11H2/b16-9+. The maximum atomic E-state index is 12.7. The van der Waals surface area contributed by atoms with Crippen molar-refractivity contribution in [2.75, 3.05) is 6.79 Å². The van der Waals surface area contributed by atoms with Gasteiger partial charge in [0.25, 0.3) is 5.91 Å². The predicted octanol–water partition coefficient (Wildman–Crippen LogP) is 3.82. The minimum absolute atomic E-state index is 0.0634. The summed E-state index contributed by atoms with van der Waals surface area (Å²) in [4.78, 5) is 14.9. The van der Waals surface area contributed by atoms with E-state index in [0.717, 1.165) is 16.9 Å². The Balaban J connectivity index is 1.55. The maximum absolute atomic E-state index is 12.7. The van der Waals surface area contributed by atoms with Crippen LogP contribution in [0.25, 0.3) is 6.08 Å². The van der Waals surface area contributed by atoms with Crippen LogP contribution in [0.4, 0.5) is 0 Å². The normalized spacial score (nSPS) is 17.8. The largest absolute Gasteiger partial charge is 0.454 e. The Labute approximate surface area is 149 Å². The van der Waals surface area contributed by atoms with Crippen molar-refractivity contribution in [3.63, 3.8) is 0 Å². The molecule has 0 aromatic heterocycles. The molecule has 0 N–H and O–H groups in total. The number of fused-ring (bicyclic) bond motifs is 1. The summed E-state index contributed by atoms with van der Waals surface area (Å²) >= 11 is 6.71. The molecule has 0 bridgehead atoms. The molecule has 120 valence electrons. The van der Waals surface area contributed by atoms with Gasteiger partial charge in [-0.15, -0.1) is 0 Å². The van der Waals surface area contributed by atoms with E-state index in [2.05, 4.69) is 0 Å². The first kappa shape index (κ1) is 15.2. The van der Waals surface area contributed by atoms with Crippen LogP contribution in [-0.2, 0) is 11.3 Å². The highest BCUT2D eigenvalue weighted by molar-refractivity contribution is 8.26. The maximum Gasteiger partial charge on any atom is 0.266 e. The molecule has 0 saturated carbocycles. The zero-order valence-electron chi connectivity index (χ0n) is 12.6. The summed E-state index contributed by atoms with van der Waals surface area (Å²) in [5, 5.41) is 0. The van der Waals surface area contributed by atoms with Gasteiger partial charge in [0, 0.05) is 0 Å². The van der Waals surface area contributed by atoms with E-state index in [9.17, 15) is 4.79 Å². The Morgan fingerprint density at radius 2 is 1.92 bits per heavy atom. The second-order valence-corrected chi connectivity index (χ2v) is 7.04. The SMILES string of the molecule is O=C1/C(=C\c2ccccc2)SC(=S)N1Cc1ccc2c(c1)OCO2. The second-order valence-electron chi connectivity index (χ2n) is 5.37. The highest BCUT2D eigenvalue weighted by atomic mass is 32.2. The fourth-order valence-corrected chi connectivity index (χ4v) is 3.81. The molecular formula is C18H13NO3S2. The molecule has 24 heavy (non-hydrogen) atoms. The van der Waals surface area contributed by atoms with Gasteiger partial charge in [-0.25, -0.2) is 0 Å². The van der Waals surface area contributed by atoms with Gasteiger partial charge in [-0.2, -0.15) is 0 Å². The van der Waals surface area contributed by atoms with Gasteiger partial charge < -0.3 is 9.47 Å². The van der Waals surface area contributed by atoms with Crippen LogP contribution in [0.3, 0.4) is 0 Å². The van der Waals surface area contributed by atoms with Gasteiger partial charge in [0.2, 0.25) is 6.79 Å². The van der Waals surface area contributed by atoms with Gasteiger partial charge in [0.15, 0.2) is 11.5 Å². The predicted molar refractivity (Wildman–Crippen MR) is 97.7 cm³/mol. The number of nitrogens with zero attached hydrogens (tertiary/aromatic N) is 1. The van der Waals surface area contributed by atoms with E-state index in [1.54, 1.807) is 4.90 Å². The summed E-state index contributed by atoms with van der Waals surface area (Å²) < 4.78 is 11.3. The van der Waals surface area contributed by atoms with E-state index in [-0.39, 0.29) is 12.7 Å². The second kappa shape index (κ2) is 6.30. The molecule has 4 rings (SSSR count). The molecule has 2 aliphatic rings. The lowest BCUT2D eigenvalue weighted by atomic mass is 10.2. The Hall–Kier alpha value is -2.31. The molecule has 2 aromatic rings. The molecular weight excluding hydrogens is 342 g/mol. The van der Waals surface area contributed by atoms with Crippen molar-refractivity contribution in [1.82, 2.24) is 4.90 Å². The molecule has 6 heteroatoms. The van der Waals surface area contributed by atoms with Gasteiger partial charge >= 0.3 is 0 Å². The van der Waals surface area contributed by atoms with E-state index in [1.807, 2.05) is 54.6 Å². The van der Waals surface area contributed by atoms with Crippen LogP contribution in [-0.4, -0.2) is 21.9 Å². The molecule has 0 radical (unpaired) electrons. The van der Waals surface area contributed by atoms with Crippen molar-refractivity contribution >= 4 is 40.3 Å². The average molecular weight is 355 g/mol. The fraction of sp³-hybridized carbons (Fsp3) is 0.111. The quantitative estimate of drug-likeness (QED) is 0.618. The minimum atomic E-state index is -0.0634. The molecule has 2 heterocycles. The zero-order chi connectivity index (χ0) is 16.5. The van der Waals surface area contributed by atoms with Crippen LogP contribution in [0.1, 0.15) is 11.1 Å². The Bertz CT molecular complexity index is 849. The number of amides is 1. The van der Waals surface area contributed by atoms with E-state index < -0.39 is 0 Å². The molecule has 2 aromatic carbocycles. The summed E-state index contributed by atoms with van der Waals surface area (Å²) in [7, 11) is 0. The van der Waals surface area contributed by atoms with Crippen LogP contribution in [0.2, 0.25) is 0 Å². The number of thioether (sulfide) groups is 1. The van der Waals surface area contributed by atoms with E-state index >= 15 is 0 Å².